The van der Waals surface area contributed by atoms with Crippen molar-refractivity contribution in [3.63, 3.8) is 0 Å². The van der Waals surface area contributed by atoms with E-state index in [1.165, 1.54) is 127 Å². The second-order valence-electron chi connectivity index (χ2n) is 9.87. The van der Waals surface area contributed by atoms with Crippen molar-refractivity contribution in [3.05, 3.63) is 0 Å². The van der Waals surface area contributed by atoms with Crippen molar-refractivity contribution in [2.24, 2.45) is 0 Å². The highest BCUT2D eigenvalue weighted by Crippen LogP contribution is 2.39. The number of hydrogen-bond donors (Lipinski definition) is 0. The monoisotopic (exact) mass is 535 g/mol. The van der Waals surface area contributed by atoms with Crippen LogP contribution in [0.2, 0.25) is 0 Å². The van der Waals surface area contributed by atoms with Crippen LogP contribution in [0.5, 0.6) is 0 Å². The molecule has 2 unspecified atom stereocenters. The Labute approximate surface area is 224 Å². The lowest BCUT2D eigenvalue weighted by Gasteiger charge is -2.17. The maximum absolute atomic E-state index is 11.9. The lowest BCUT2D eigenvalue weighted by atomic mass is 10.1. The first-order valence-corrected chi connectivity index (χ1v) is 17.9. The molecule has 0 saturated heterocycles. The molecule has 0 amide bonds. The predicted molar refractivity (Wildman–Crippen MR) is 156 cm³/mol. The normalized spacial score (nSPS) is 12.8. The van der Waals surface area contributed by atoms with Gasteiger partial charge in [0, 0.05) is 19.0 Å². The van der Waals surface area contributed by atoms with Crippen molar-refractivity contribution in [1.29, 1.82) is 0 Å². The Balaban J connectivity index is 3.79. The quantitative estimate of drug-likeness (QED) is 0.0676. The number of hydrogen-bond acceptors (Lipinski definition) is 5. The fraction of sp³-hybridized carbons (Fsp3) is 1.00. The number of rotatable bonds is 30. The van der Waals surface area contributed by atoms with Gasteiger partial charge in [0.25, 0.3) is 7.23 Å². The van der Waals surface area contributed by atoms with Gasteiger partial charge in [-0.15, -0.1) is 0 Å². The lowest BCUT2D eigenvalue weighted by Crippen LogP contribution is -2.23. The fourth-order valence-corrected chi connectivity index (χ4v) is 6.35. The van der Waals surface area contributed by atoms with E-state index >= 15 is 0 Å². The van der Waals surface area contributed by atoms with Gasteiger partial charge in [-0.2, -0.15) is 0 Å². The smallest absolute Gasteiger partial charge is 0.277 e. The highest BCUT2D eigenvalue weighted by molar-refractivity contribution is 8.50. The first kappa shape index (κ1) is 35.3. The van der Waals surface area contributed by atoms with Crippen LogP contribution in [-0.4, -0.2) is 38.3 Å². The molecule has 0 heterocycles. The van der Waals surface area contributed by atoms with Gasteiger partial charge in [0.1, 0.15) is 0 Å². The van der Waals surface area contributed by atoms with Crippen LogP contribution in [0.3, 0.4) is 0 Å². The minimum Gasteiger partial charge on any atom is -0.379 e. The molecule has 0 aromatic heterocycles. The van der Waals surface area contributed by atoms with Gasteiger partial charge in [-0.3, -0.25) is 4.52 Å². The van der Waals surface area contributed by atoms with Crippen molar-refractivity contribution in [1.82, 2.24) is 0 Å². The average molecular weight is 536 g/mol. The molecule has 211 valence electrons. The van der Waals surface area contributed by atoms with Gasteiger partial charge in [0.15, 0.2) is 0 Å². The second-order valence-corrected chi connectivity index (χ2v) is 12.8. The van der Waals surface area contributed by atoms with Crippen LogP contribution < -0.4 is 0 Å². The van der Waals surface area contributed by atoms with Crippen LogP contribution in [0.15, 0.2) is 0 Å². The topological polar surface area (TPSA) is 44.8 Å². The van der Waals surface area contributed by atoms with E-state index < -0.39 is 7.23 Å². The van der Waals surface area contributed by atoms with Crippen molar-refractivity contribution < 1.29 is 18.6 Å². The van der Waals surface area contributed by atoms with E-state index in [1.54, 1.807) is 0 Å². The van der Waals surface area contributed by atoms with E-state index in [0.29, 0.717) is 19.0 Å². The van der Waals surface area contributed by atoms with Crippen LogP contribution in [-0.2, 0) is 18.6 Å². The molecule has 0 rings (SSSR count). The first-order valence-electron chi connectivity index (χ1n) is 15.2. The molecule has 0 aliphatic carbocycles. The van der Waals surface area contributed by atoms with Crippen molar-refractivity contribution >= 4 is 18.6 Å². The summed E-state index contributed by atoms with van der Waals surface area (Å²) in [5.41, 5.74) is 0. The van der Waals surface area contributed by atoms with E-state index in [2.05, 4.69) is 13.8 Å². The third-order valence-electron chi connectivity index (χ3n) is 6.40. The molecular weight excluding hydrogens is 475 g/mol. The Kier molecular flexibility index (Phi) is 30.8. The summed E-state index contributed by atoms with van der Waals surface area (Å²) in [7, 11) is -1.65. The zero-order valence-electron chi connectivity index (χ0n) is 23.7. The molecular formula is C29H60O4PS. The molecule has 35 heavy (non-hydrogen) atoms. The van der Waals surface area contributed by atoms with Gasteiger partial charge in [-0.25, -0.2) is 4.57 Å². The third kappa shape index (κ3) is 28.7. The summed E-state index contributed by atoms with van der Waals surface area (Å²) in [6.45, 7) is 9.08. The van der Waals surface area contributed by atoms with Gasteiger partial charge in [-0.1, -0.05) is 129 Å². The standard InChI is InChI=1S/C29H60O4PS/c1-4-7-9-11-13-15-17-19-21-23-25-31-27-29(28-35-34(30)33-6-3)32-26-24-22-20-18-16-14-12-10-8-5-2/h29H,4-28H2,1-3H3. The first-order chi connectivity index (χ1) is 17.2. The van der Waals surface area contributed by atoms with E-state index in [9.17, 15) is 4.57 Å². The second kappa shape index (κ2) is 30.6. The highest BCUT2D eigenvalue weighted by atomic mass is 32.7. The minimum absolute atomic E-state index is 0.00101. The molecule has 0 spiro atoms. The maximum atomic E-state index is 11.9. The molecule has 2 atom stereocenters. The van der Waals surface area contributed by atoms with Gasteiger partial charge < -0.3 is 9.47 Å². The van der Waals surface area contributed by atoms with Crippen molar-refractivity contribution in [2.75, 3.05) is 32.2 Å². The molecule has 0 saturated carbocycles. The van der Waals surface area contributed by atoms with Crippen molar-refractivity contribution in [3.8, 4) is 0 Å². The van der Waals surface area contributed by atoms with E-state index in [-0.39, 0.29) is 6.10 Å². The summed E-state index contributed by atoms with van der Waals surface area (Å²) in [4.78, 5) is 0. The van der Waals surface area contributed by atoms with Gasteiger partial charge in [0.2, 0.25) is 0 Å². The average Bonchev–Trinajstić information content (AvgIpc) is 2.86. The van der Waals surface area contributed by atoms with Crippen LogP contribution >= 0.6 is 18.6 Å². The Hall–Kier alpha value is 0.330. The molecule has 4 nitrogen and oxygen atoms in total. The number of ether oxygens (including phenoxy) is 2. The lowest BCUT2D eigenvalue weighted by molar-refractivity contribution is -0.00612. The summed E-state index contributed by atoms with van der Waals surface area (Å²) < 4.78 is 29.1. The third-order valence-corrected chi connectivity index (χ3v) is 8.99. The fourth-order valence-electron chi connectivity index (χ4n) is 4.18. The summed E-state index contributed by atoms with van der Waals surface area (Å²) >= 11 is 1.36. The van der Waals surface area contributed by atoms with Crippen molar-refractivity contribution in [2.45, 2.75) is 155 Å². The van der Waals surface area contributed by atoms with Crippen LogP contribution in [0, 0.1) is 0 Å². The molecule has 0 aliphatic heterocycles. The van der Waals surface area contributed by atoms with E-state index in [0.717, 1.165) is 26.1 Å². The molecule has 0 aromatic carbocycles. The maximum Gasteiger partial charge on any atom is 0.277 e. The van der Waals surface area contributed by atoms with E-state index in [1.807, 2.05) is 6.92 Å². The SMILES string of the molecule is CCCCCCCCCCCCOCC(CS[P](=O)OCC)OCCCCCCCCCCCC. The molecule has 0 aromatic rings. The molecule has 1 radical (unpaired) electrons. The Morgan fingerprint density at radius 2 is 1.03 bits per heavy atom. The Morgan fingerprint density at radius 3 is 1.49 bits per heavy atom. The van der Waals surface area contributed by atoms with Gasteiger partial charge in [0.05, 0.1) is 19.3 Å². The largest absolute Gasteiger partial charge is 0.379 e. The summed E-state index contributed by atoms with van der Waals surface area (Å²) in [6, 6.07) is 0. The van der Waals surface area contributed by atoms with Crippen LogP contribution in [0.25, 0.3) is 0 Å². The zero-order chi connectivity index (χ0) is 25.7. The summed E-state index contributed by atoms with van der Waals surface area (Å²) in [5, 5.41) is 0. The predicted octanol–water partition coefficient (Wildman–Crippen LogP) is 10.7. The molecule has 0 bridgehead atoms. The molecule has 6 heteroatoms. The highest BCUT2D eigenvalue weighted by Gasteiger charge is 2.13. The molecule has 0 fully saturated rings. The zero-order valence-corrected chi connectivity index (χ0v) is 25.5. The van der Waals surface area contributed by atoms with E-state index in [4.69, 9.17) is 14.0 Å². The Bertz CT molecular complexity index is 425. The van der Waals surface area contributed by atoms with Crippen LogP contribution in [0.4, 0.5) is 0 Å². The summed E-state index contributed by atoms with van der Waals surface area (Å²) in [5.74, 6) is 0.672. The Morgan fingerprint density at radius 1 is 0.600 bits per heavy atom. The van der Waals surface area contributed by atoms with Gasteiger partial charge in [-0.05, 0) is 31.1 Å². The summed E-state index contributed by atoms with van der Waals surface area (Å²) in [6.07, 6.45) is 26.7. The van der Waals surface area contributed by atoms with Crippen LogP contribution in [0.1, 0.15) is 149 Å². The van der Waals surface area contributed by atoms with Gasteiger partial charge >= 0.3 is 0 Å². The molecule has 0 N–H and O–H groups in total. The molecule has 0 aliphatic rings. The minimum atomic E-state index is -1.65. The number of unbranched alkanes of at least 4 members (excludes halogenated alkanes) is 18.